The van der Waals surface area contributed by atoms with E-state index in [2.05, 4.69) is 15.4 Å². The molecular weight excluding hydrogens is 402 g/mol. The van der Waals surface area contributed by atoms with E-state index >= 15 is 0 Å². The molecule has 0 aliphatic heterocycles. The van der Waals surface area contributed by atoms with Crippen LogP contribution in [0.1, 0.15) is 50.4 Å². The molecule has 0 radical (unpaired) electrons. The summed E-state index contributed by atoms with van der Waals surface area (Å²) >= 11 is 0. The van der Waals surface area contributed by atoms with Crippen molar-refractivity contribution in [2.24, 2.45) is 0 Å². The van der Waals surface area contributed by atoms with Crippen molar-refractivity contribution in [3.8, 4) is 0 Å². The van der Waals surface area contributed by atoms with Crippen LogP contribution in [-0.2, 0) is 23.9 Å². The van der Waals surface area contributed by atoms with Crippen LogP contribution < -0.4 is 10.6 Å². The lowest BCUT2D eigenvalue weighted by Crippen LogP contribution is -2.51. The number of methoxy groups -OCH3 is 1. The number of hydrogen-bond acceptors (Lipinski definition) is 6. The summed E-state index contributed by atoms with van der Waals surface area (Å²) in [5.41, 5.74) is 1.69. The maximum atomic E-state index is 13.0. The third-order valence-corrected chi connectivity index (χ3v) is 4.66. The second-order valence-corrected chi connectivity index (χ2v) is 8.30. The summed E-state index contributed by atoms with van der Waals surface area (Å²) < 4.78 is 9.75. The Morgan fingerprint density at radius 1 is 1.13 bits per heavy atom. The fourth-order valence-corrected chi connectivity index (χ4v) is 2.90. The molecular formula is C22H33N3O6. The Balaban J connectivity index is 3.15. The molecule has 9 nitrogen and oxygen atoms in total. The number of ether oxygens (including phenoxy) is 2. The lowest BCUT2D eigenvalue weighted by atomic mass is 9.95. The Hall–Kier alpha value is -3.10. The number of benzene rings is 1. The minimum atomic E-state index is -1.01. The van der Waals surface area contributed by atoms with Crippen LogP contribution in [0.15, 0.2) is 18.2 Å². The molecule has 1 aromatic rings. The third kappa shape index (κ3) is 7.58. The normalized spacial score (nSPS) is 12.9. The molecule has 0 aromatic heterocycles. The second-order valence-electron chi connectivity index (χ2n) is 8.30. The van der Waals surface area contributed by atoms with E-state index in [1.807, 2.05) is 19.9 Å². The molecule has 0 saturated carbocycles. The Morgan fingerprint density at radius 2 is 1.74 bits per heavy atom. The van der Waals surface area contributed by atoms with Crippen LogP contribution in [0.2, 0.25) is 0 Å². The van der Waals surface area contributed by atoms with Crippen LogP contribution in [0.4, 0.5) is 4.79 Å². The summed E-state index contributed by atoms with van der Waals surface area (Å²) in [5.74, 6) is -1.65. The van der Waals surface area contributed by atoms with Gasteiger partial charge in [0, 0.05) is 7.05 Å². The number of likely N-dealkylation sites (N-methyl/N-ethyl adjacent to an activating group) is 1. The van der Waals surface area contributed by atoms with Crippen molar-refractivity contribution in [2.45, 2.75) is 59.2 Å². The number of nitrogens with zero attached hydrogens (tertiary/aromatic N) is 1. The first kappa shape index (κ1) is 25.9. The zero-order chi connectivity index (χ0) is 23.9. The molecule has 0 heterocycles. The molecule has 9 heteroatoms. The van der Waals surface area contributed by atoms with E-state index in [0.29, 0.717) is 5.56 Å². The lowest BCUT2D eigenvalue weighted by molar-refractivity contribution is -0.143. The van der Waals surface area contributed by atoms with Gasteiger partial charge in [-0.05, 0) is 58.2 Å². The van der Waals surface area contributed by atoms with Gasteiger partial charge < -0.3 is 25.0 Å². The monoisotopic (exact) mass is 435 g/mol. The van der Waals surface area contributed by atoms with Crippen molar-refractivity contribution < 1.29 is 28.7 Å². The molecule has 31 heavy (non-hydrogen) atoms. The summed E-state index contributed by atoms with van der Waals surface area (Å²) in [6.07, 6.45) is -0.736. The van der Waals surface area contributed by atoms with E-state index in [-0.39, 0.29) is 6.54 Å². The highest BCUT2D eigenvalue weighted by Crippen LogP contribution is 2.26. The minimum Gasteiger partial charge on any atom is -0.468 e. The minimum absolute atomic E-state index is 0.329. The van der Waals surface area contributed by atoms with Gasteiger partial charge >= 0.3 is 12.1 Å². The van der Waals surface area contributed by atoms with Gasteiger partial charge in [0.25, 0.3) is 0 Å². The fourth-order valence-electron chi connectivity index (χ4n) is 2.90. The van der Waals surface area contributed by atoms with Crippen LogP contribution >= 0.6 is 0 Å². The first-order valence-corrected chi connectivity index (χ1v) is 9.95. The summed E-state index contributed by atoms with van der Waals surface area (Å²) in [7, 11) is 2.69. The highest BCUT2D eigenvalue weighted by Gasteiger charge is 2.33. The van der Waals surface area contributed by atoms with Gasteiger partial charge in [-0.15, -0.1) is 0 Å². The lowest BCUT2D eigenvalue weighted by Gasteiger charge is -2.31. The van der Waals surface area contributed by atoms with Gasteiger partial charge in [0.2, 0.25) is 11.8 Å². The molecule has 0 fully saturated rings. The number of carbonyl (C=O) groups is 4. The Labute approximate surface area is 183 Å². The van der Waals surface area contributed by atoms with Crippen molar-refractivity contribution in [1.82, 2.24) is 15.5 Å². The zero-order valence-electron chi connectivity index (χ0n) is 19.5. The van der Waals surface area contributed by atoms with E-state index in [4.69, 9.17) is 4.74 Å². The van der Waals surface area contributed by atoms with Gasteiger partial charge in [-0.2, -0.15) is 0 Å². The average molecular weight is 436 g/mol. The zero-order valence-corrected chi connectivity index (χ0v) is 19.5. The Morgan fingerprint density at radius 3 is 2.29 bits per heavy atom. The summed E-state index contributed by atoms with van der Waals surface area (Å²) in [5, 5.41) is 5.00. The first-order chi connectivity index (χ1) is 14.3. The van der Waals surface area contributed by atoms with Crippen molar-refractivity contribution in [1.29, 1.82) is 0 Å². The topological polar surface area (TPSA) is 114 Å². The van der Waals surface area contributed by atoms with Crippen molar-refractivity contribution in [3.63, 3.8) is 0 Å². The maximum Gasteiger partial charge on any atom is 0.408 e. The molecule has 2 atom stereocenters. The van der Waals surface area contributed by atoms with Crippen LogP contribution in [0, 0.1) is 13.8 Å². The van der Waals surface area contributed by atoms with Gasteiger partial charge in [-0.1, -0.05) is 18.2 Å². The average Bonchev–Trinajstić information content (AvgIpc) is 2.67. The highest BCUT2D eigenvalue weighted by atomic mass is 16.6. The molecule has 2 unspecified atom stereocenters. The molecule has 1 aromatic carbocycles. The van der Waals surface area contributed by atoms with Gasteiger partial charge in [-0.3, -0.25) is 14.4 Å². The Kier molecular flexibility index (Phi) is 9.02. The van der Waals surface area contributed by atoms with Crippen LogP contribution in [0.3, 0.4) is 0 Å². The summed E-state index contributed by atoms with van der Waals surface area (Å²) in [6.45, 7) is 10.1. The number of carbonyl (C=O) groups excluding carboxylic acids is 4. The van der Waals surface area contributed by atoms with Crippen LogP contribution in [0.5, 0.6) is 0 Å². The van der Waals surface area contributed by atoms with E-state index in [0.717, 1.165) is 11.1 Å². The first-order valence-electron chi connectivity index (χ1n) is 9.95. The van der Waals surface area contributed by atoms with Gasteiger partial charge in [0.05, 0.1) is 7.11 Å². The molecule has 0 bridgehead atoms. The van der Waals surface area contributed by atoms with Crippen molar-refractivity contribution >= 4 is 23.9 Å². The number of aryl methyl sites for hydroxylation is 1. The standard InChI is InChI=1S/C22H33N3O6/c1-13-10-9-11-16(14(13)2)18(19(27)23-12-17(26)30-8)25(7)20(28)15(3)24-21(29)31-22(4,5)6/h9-11,15,18H,12H2,1-8H3,(H,23,27)(H,24,29). The quantitative estimate of drug-likeness (QED) is 0.633. The molecule has 0 aliphatic rings. The molecule has 1 rings (SSSR count). The van der Waals surface area contributed by atoms with Crippen LogP contribution in [0.25, 0.3) is 0 Å². The molecule has 0 saturated heterocycles. The molecule has 0 spiro atoms. The number of amides is 3. The van der Waals surface area contributed by atoms with Crippen molar-refractivity contribution in [3.05, 3.63) is 34.9 Å². The van der Waals surface area contributed by atoms with Crippen molar-refractivity contribution in [2.75, 3.05) is 20.7 Å². The predicted molar refractivity (Wildman–Crippen MR) is 115 cm³/mol. The number of alkyl carbamates (subject to hydrolysis) is 1. The number of rotatable bonds is 7. The highest BCUT2D eigenvalue weighted by molar-refractivity contribution is 5.93. The Bertz CT molecular complexity index is 831. The molecule has 3 amide bonds. The fraction of sp³-hybridized carbons (Fsp3) is 0.545. The van der Waals surface area contributed by atoms with E-state index in [9.17, 15) is 19.2 Å². The molecule has 2 N–H and O–H groups in total. The number of nitrogens with one attached hydrogen (secondary N) is 2. The second kappa shape index (κ2) is 10.8. The van der Waals surface area contributed by atoms with E-state index in [1.165, 1.54) is 26.0 Å². The molecule has 172 valence electrons. The van der Waals surface area contributed by atoms with Gasteiger partial charge in [0.15, 0.2) is 0 Å². The van der Waals surface area contributed by atoms with Gasteiger partial charge in [0.1, 0.15) is 24.2 Å². The SMILES string of the molecule is COC(=O)CNC(=O)C(c1cccc(C)c1C)N(C)C(=O)C(C)NC(=O)OC(C)(C)C. The largest absolute Gasteiger partial charge is 0.468 e. The van der Waals surface area contributed by atoms with E-state index in [1.54, 1.807) is 32.9 Å². The third-order valence-electron chi connectivity index (χ3n) is 4.66. The van der Waals surface area contributed by atoms with E-state index < -0.39 is 41.6 Å². The maximum absolute atomic E-state index is 13.0. The number of esters is 1. The summed E-state index contributed by atoms with van der Waals surface area (Å²) in [6, 6.07) is 3.48. The summed E-state index contributed by atoms with van der Waals surface area (Å²) in [4.78, 5) is 50.8. The predicted octanol–water partition coefficient (Wildman–Crippen LogP) is 2.01. The van der Waals surface area contributed by atoms with Gasteiger partial charge in [-0.25, -0.2) is 4.79 Å². The molecule has 0 aliphatic carbocycles. The van der Waals surface area contributed by atoms with Crippen LogP contribution in [-0.4, -0.2) is 61.1 Å². The smallest absolute Gasteiger partial charge is 0.408 e. The number of hydrogen-bond donors (Lipinski definition) is 2.